The maximum absolute atomic E-state index is 13.9. The van der Waals surface area contributed by atoms with Gasteiger partial charge in [-0.1, -0.05) is 13.0 Å². The van der Waals surface area contributed by atoms with Crippen molar-refractivity contribution in [2.45, 2.75) is 19.4 Å². The van der Waals surface area contributed by atoms with Crippen molar-refractivity contribution in [2.75, 3.05) is 42.6 Å². The fourth-order valence-corrected chi connectivity index (χ4v) is 3.92. The predicted molar refractivity (Wildman–Crippen MR) is 104 cm³/mol. The largest absolute Gasteiger partial charge is 0.448 e. The van der Waals surface area contributed by atoms with E-state index in [1.807, 2.05) is 0 Å². The van der Waals surface area contributed by atoms with Crippen LogP contribution in [0.5, 0.6) is 0 Å². The monoisotopic (exact) mass is 386 g/mol. The van der Waals surface area contributed by atoms with Gasteiger partial charge in [0.1, 0.15) is 18.2 Å². The van der Waals surface area contributed by atoms with Gasteiger partial charge >= 0.3 is 6.09 Å². The molecule has 2 fully saturated rings. The van der Waals surface area contributed by atoms with Gasteiger partial charge in [-0.2, -0.15) is 4.98 Å². The maximum atomic E-state index is 13.9. The topological polar surface area (TPSA) is 111 Å². The molecule has 0 unspecified atom stereocenters. The highest BCUT2D eigenvalue weighted by molar-refractivity contribution is 5.70. The molecule has 2 aromatic rings. The molecule has 4 rings (SSSR count). The lowest BCUT2D eigenvalue weighted by atomic mass is 9.95. The zero-order valence-electron chi connectivity index (χ0n) is 15.6. The van der Waals surface area contributed by atoms with E-state index in [4.69, 9.17) is 16.2 Å². The van der Waals surface area contributed by atoms with Crippen molar-refractivity contribution in [1.82, 2.24) is 14.9 Å². The molecular weight excluding hydrogens is 363 g/mol. The van der Waals surface area contributed by atoms with Gasteiger partial charge in [0.15, 0.2) is 0 Å². The van der Waals surface area contributed by atoms with Gasteiger partial charge < -0.3 is 26.0 Å². The van der Waals surface area contributed by atoms with Crippen LogP contribution in [0, 0.1) is 11.7 Å². The molecule has 1 amide bonds. The van der Waals surface area contributed by atoms with E-state index in [-0.39, 0.29) is 23.8 Å². The first-order valence-corrected chi connectivity index (χ1v) is 9.29. The highest BCUT2D eigenvalue weighted by Gasteiger charge is 2.35. The van der Waals surface area contributed by atoms with E-state index in [9.17, 15) is 9.18 Å². The summed E-state index contributed by atoms with van der Waals surface area (Å²) in [5.41, 5.74) is 12.7. The molecule has 3 heterocycles. The zero-order valence-corrected chi connectivity index (χ0v) is 15.6. The number of nitrogen functional groups attached to an aromatic ring is 2. The second-order valence-corrected chi connectivity index (χ2v) is 7.41. The van der Waals surface area contributed by atoms with Crippen LogP contribution in [0.3, 0.4) is 0 Å². The number of amides is 1. The van der Waals surface area contributed by atoms with Crippen LogP contribution < -0.4 is 16.4 Å². The van der Waals surface area contributed by atoms with Crippen molar-refractivity contribution < 1.29 is 13.9 Å². The van der Waals surface area contributed by atoms with E-state index in [1.54, 1.807) is 17.0 Å². The van der Waals surface area contributed by atoms with Crippen LogP contribution >= 0.6 is 0 Å². The number of cyclic esters (lactones) is 1. The van der Waals surface area contributed by atoms with E-state index in [0.717, 1.165) is 13.0 Å². The fraction of sp³-hybridized carbons (Fsp3) is 0.421. The number of rotatable bonds is 3. The zero-order chi connectivity index (χ0) is 19.8. The molecule has 148 valence electrons. The van der Waals surface area contributed by atoms with Crippen LogP contribution in [0.1, 0.15) is 13.3 Å². The van der Waals surface area contributed by atoms with Gasteiger partial charge in [0, 0.05) is 24.7 Å². The highest BCUT2D eigenvalue weighted by Crippen LogP contribution is 2.29. The minimum atomic E-state index is -0.504. The third kappa shape index (κ3) is 3.51. The van der Waals surface area contributed by atoms with Crippen molar-refractivity contribution in [3.8, 4) is 11.3 Å². The summed E-state index contributed by atoms with van der Waals surface area (Å²) in [5, 5.41) is 0. The number of anilines is 3. The molecule has 2 aliphatic heterocycles. The molecule has 0 spiro atoms. The van der Waals surface area contributed by atoms with Crippen molar-refractivity contribution in [3.63, 3.8) is 0 Å². The Morgan fingerprint density at radius 1 is 1.21 bits per heavy atom. The molecule has 0 radical (unpaired) electrons. The average Bonchev–Trinajstić information content (AvgIpc) is 3.09. The first-order chi connectivity index (χ1) is 13.4. The van der Waals surface area contributed by atoms with Gasteiger partial charge in [0.2, 0.25) is 5.95 Å². The molecule has 9 heteroatoms. The molecule has 2 saturated heterocycles. The number of carbonyl (C=O) groups is 1. The number of hydrogen-bond acceptors (Lipinski definition) is 7. The van der Waals surface area contributed by atoms with Crippen molar-refractivity contribution in [1.29, 1.82) is 0 Å². The van der Waals surface area contributed by atoms with Crippen LogP contribution in [0.4, 0.5) is 26.6 Å². The van der Waals surface area contributed by atoms with E-state index >= 15 is 0 Å². The number of benzene rings is 1. The van der Waals surface area contributed by atoms with Gasteiger partial charge in [-0.15, -0.1) is 0 Å². The molecule has 0 aliphatic carbocycles. The molecule has 1 aromatic carbocycles. The summed E-state index contributed by atoms with van der Waals surface area (Å²) in [5.74, 6) is 0.625. The Balaban J connectivity index is 1.63. The summed E-state index contributed by atoms with van der Waals surface area (Å²) < 4.78 is 19.0. The van der Waals surface area contributed by atoms with Crippen LogP contribution in [-0.2, 0) is 4.74 Å². The Kier molecular flexibility index (Phi) is 4.66. The number of hydrogen-bond donors (Lipinski definition) is 2. The Morgan fingerprint density at radius 2 is 2.04 bits per heavy atom. The summed E-state index contributed by atoms with van der Waals surface area (Å²) in [4.78, 5) is 24.5. The van der Waals surface area contributed by atoms with E-state index in [1.165, 1.54) is 12.1 Å². The summed E-state index contributed by atoms with van der Waals surface area (Å²) in [7, 11) is 0. The van der Waals surface area contributed by atoms with Gasteiger partial charge in [-0.3, -0.25) is 0 Å². The number of halogens is 1. The normalized spacial score (nSPS) is 22.4. The molecule has 0 bridgehead atoms. The van der Waals surface area contributed by atoms with Crippen molar-refractivity contribution >= 4 is 23.5 Å². The molecular formula is C19H23FN6O2. The fourth-order valence-electron chi connectivity index (χ4n) is 3.92. The first-order valence-electron chi connectivity index (χ1n) is 9.29. The van der Waals surface area contributed by atoms with Crippen LogP contribution in [-0.4, -0.2) is 53.2 Å². The van der Waals surface area contributed by atoms with E-state index in [2.05, 4.69) is 21.8 Å². The highest BCUT2D eigenvalue weighted by atomic mass is 19.1. The summed E-state index contributed by atoms with van der Waals surface area (Å²) in [6.45, 7) is 4.58. The number of carbonyl (C=O) groups excluding carboxylic acids is 1. The Morgan fingerprint density at radius 3 is 2.75 bits per heavy atom. The molecule has 1 aromatic heterocycles. The number of piperidine rings is 1. The SMILES string of the molecule is C[C@@H]1C[C@@H](N2CCOC2=O)CN(c2cc(-c3ccc(N)c(F)c3)nc(N)n2)C1. The predicted octanol–water partition coefficient (Wildman–Crippen LogP) is 2.11. The number of aromatic nitrogens is 2. The Labute approximate surface area is 162 Å². The third-order valence-corrected chi connectivity index (χ3v) is 5.22. The van der Waals surface area contributed by atoms with E-state index < -0.39 is 5.82 Å². The minimum absolute atomic E-state index is 0.0485. The smallest absolute Gasteiger partial charge is 0.410 e. The second kappa shape index (κ2) is 7.14. The first kappa shape index (κ1) is 18.3. The summed E-state index contributed by atoms with van der Waals surface area (Å²) >= 11 is 0. The molecule has 0 saturated carbocycles. The minimum Gasteiger partial charge on any atom is -0.448 e. The molecule has 4 N–H and O–H groups in total. The van der Waals surface area contributed by atoms with Crippen molar-refractivity contribution in [3.05, 3.63) is 30.1 Å². The molecule has 8 nitrogen and oxygen atoms in total. The van der Waals surface area contributed by atoms with E-state index in [0.29, 0.717) is 42.7 Å². The van der Waals surface area contributed by atoms with Crippen LogP contribution in [0.25, 0.3) is 11.3 Å². The van der Waals surface area contributed by atoms with Crippen molar-refractivity contribution in [2.24, 2.45) is 5.92 Å². The maximum Gasteiger partial charge on any atom is 0.410 e. The molecule has 2 atom stereocenters. The van der Waals surface area contributed by atoms with Gasteiger partial charge in [0.05, 0.1) is 24.0 Å². The second-order valence-electron chi connectivity index (χ2n) is 7.41. The third-order valence-electron chi connectivity index (χ3n) is 5.22. The summed E-state index contributed by atoms with van der Waals surface area (Å²) in [6.07, 6.45) is 0.640. The van der Waals surface area contributed by atoms with Gasteiger partial charge in [-0.05, 0) is 24.5 Å². The quantitative estimate of drug-likeness (QED) is 0.777. The summed E-state index contributed by atoms with van der Waals surface area (Å²) in [6, 6.07) is 6.38. The van der Waals surface area contributed by atoms with Gasteiger partial charge in [0.25, 0.3) is 0 Å². The Hall–Kier alpha value is -3.10. The Bertz CT molecular complexity index is 908. The number of ether oxygens (including phenoxy) is 1. The lowest BCUT2D eigenvalue weighted by Crippen LogP contribution is -2.51. The molecule has 2 aliphatic rings. The number of nitrogens with two attached hydrogens (primary N) is 2. The van der Waals surface area contributed by atoms with Gasteiger partial charge in [-0.25, -0.2) is 14.2 Å². The molecule has 28 heavy (non-hydrogen) atoms. The standard InChI is InChI=1S/C19H23FN6O2/c1-11-6-13(26-4-5-28-19(26)27)10-25(9-11)17-8-16(23-18(22)24-17)12-2-3-15(21)14(20)7-12/h2-3,7-8,11,13H,4-6,9-10,21H2,1H3,(H2,22,23,24)/t11-,13-/m1/s1. The number of nitrogens with zero attached hydrogens (tertiary/aromatic N) is 4. The lowest BCUT2D eigenvalue weighted by molar-refractivity contribution is 0.139. The van der Waals surface area contributed by atoms with Crippen LogP contribution in [0.2, 0.25) is 0 Å². The van der Waals surface area contributed by atoms with Crippen LogP contribution in [0.15, 0.2) is 24.3 Å². The lowest BCUT2D eigenvalue weighted by Gasteiger charge is -2.40. The average molecular weight is 386 g/mol.